The Kier molecular flexibility index (Phi) is 7.09. The van der Waals surface area contributed by atoms with Gasteiger partial charge < -0.3 is 23.7 Å². The number of hydrogen-bond acceptors (Lipinski definition) is 6. The molecule has 3 aromatic rings. The van der Waals surface area contributed by atoms with Gasteiger partial charge in [0, 0.05) is 49.9 Å². The Hall–Kier alpha value is -3.59. The van der Waals surface area contributed by atoms with Crippen molar-refractivity contribution in [2.45, 2.75) is 39.8 Å². The van der Waals surface area contributed by atoms with Crippen LogP contribution in [0.4, 0.5) is 0 Å². The molecule has 2 aliphatic heterocycles. The molecule has 9 heteroatoms. The summed E-state index contributed by atoms with van der Waals surface area (Å²) in [4.78, 5) is 30.2. The van der Waals surface area contributed by atoms with Gasteiger partial charge in [0.05, 0.1) is 19.8 Å². The van der Waals surface area contributed by atoms with Gasteiger partial charge in [-0.15, -0.1) is 0 Å². The van der Waals surface area contributed by atoms with Crippen molar-refractivity contribution in [3.63, 3.8) is 0 Å². The van der Waals surface area contributed by atoms with Gasteiger partial charge >= 0.3 is 0 Å². The molecule has 1 saturated heterocycles. The Balaban J connectivity index is 1.36. The van der Waals surface area contributed by atoms with Crippen molar-refractivity contribution in [3.8, 4) is 11.7 Å². The second-order valence-electron chi connectivity index (χ2n) is 9.59. The molecule has 5 rings (SSSR count). The van der Waals surface area contributed by atoms with E-state index in [1.807, 2.05) is 35.0 Å². The average molecular weight is 493 g/mol. The number of amides is 2. The minimum Gasteiger partial charge on any atom is -0.426 e. The van der Waals surface area contributed by atoms with Gasteiger partial charge in [0.25, 0.3) is 17.8 Å². The maximum Gasteiger partial charge on any atom is 0.290 e. The van der Waals surface area contributed by atoms with Crippen LogP contribution in [0, 0.1) is 5.92 Å². The van der Waals surface area contributed by atoms with E-state index >= 15 is 0 Å². The van der Waals surface area contributed by atoms with Crippen molar-refractivity contribution in [1.82, 2.24) is 19.6 Å². The monoisotopic (exact) mass is 492 g/mol. The minimum atomic E-state index is -0.233. The van der Waals surface area contributed by atoms with E-state index in [1.54, 1.807) is 21.9 Å². The van der Waals surface area contributed by atoms with Crippen molar-refractivity contribution in [1.29, 1.82) is 0 Å². The summed E-state index contributed by atoms with van der Waals surface area (Å²) in [5.41, 5.74) is 2.33. The van der Waals surface area contributed by atoms with Gasteiger partial charge in [0.1, 0.15) is 5.75 Å². The SMILES string of the molecule is CC(C)CCn1nc(C(=O)N2CCOCC2)c2c1CCN(C(=O)c1ccc(Oc3ccccc3)o1)C2. The predicted molar refractivity (Wildman–Crippen MR) is 132 cm³/mol. The standard InChI is InChI=1S/C27H32N4O5/c1-19(2)10-13-31-22-11-12-30(18-21(22)25(28-31)27(33)29-14-16-34-17-15-29)26(32)23-8-9-24(36-23)35-20-6-4-3-5-7-20/h3-9,19H,10-18H2,1-2H3. The number of nitrogens with zero attached hydrogens (tertiary/aromatic N) is 4. The number of rotatable bonds is 7. The predicted octanol–water partition coefficient (Wildman–Crippen LogP) is 3.99. The second-order valence-corrected chi connectivity index (χ2v) is 9.59. The zero-order valence-corrected chi connectivity index (χ0v) is 20.8. The first-order valence-electron chi connectivity index (χ1n) is 12.6. The molecule has 0 spiro atoms. The fourth-order valence-corrected chi connectivity index (χ4v) is 4.57. The molecule has 0 atom stereocenters. The first-order chi connectivity index (χ1) is 17.5. The Morgan fingerprint density at radius 3 is 2.53 bits per heavy atom. The van der Waals surface area contributed by atoms with E-state index < -0.39 is 0 Å². The van der Waals surface area contributed by atoms with Crippen molar-refractivity contribution in [2.24, 2.45) is 5.92 Å². The smallest absolute Gasteiger partial charge is 0.290 e. The molecule has 2 aliphatic rings. The Morgan fingerprint density at radius 1 is 1.00 bits per heavy atom. The molecular formula is C27H32N4O5. The number of aromatic nitrogens is 2. The Labute approximate surface area is 210 Å². The van der Waals surface area contributed by atoms with Crippen LogP contribution < -0.4 is 4.74 Å². The molecule has 4 heterocycles. The Morgan fingerprint density at radius 2 is 1.78 bits per heavy atom. The number of aryl methyl sites for hydroxylation is 1. The van der Waals surface area contributed by atoms with Gasteiger partial charge in [0.15, 0.2) is 11.5 Å². The largest absolute Gasteiger partial charge is 0.426 e. The summed E-state index contributed by atoms with van der Waals surface area (Å²) in [6, 6.07) is 12.5. The lowest BCUT2D eigenvalue weighted by Gasteiger charge is -2.29. The number of para-hydroxylation sites is 1. The number of fused-ring (bicyclic) bond motifs is 1. The average Bonchev–Trinajstić information content (AvgIpc) is 3.52. The number of carbonyl (C=O) groups excluding carboxylic acids is 2. The molecule has 9 nitrogen and oxygen atoms in total. The topological polar surface area (TPSA) is 90.0 Å². The first-order valence-corrected chi connectivity index (χ1v) is 12.6. The van der Waals surface area contributed by atoms with E-state index in [2.05, 4.69) is 13.8 Å². The van der Waals surface area contributed by atoms with Crippen LogP contribution in [0.2, 0.25) is 0 Å². The highest BCUT2D eigenvalue weighted by Crippen LogP contribution is 2.28. The molecule has 36 heavy (non-hydrogen) atoms. The van der Waals surface area contributed by atoms with Gasteiger partial charge in [-0.1, -0.05) is 32.0 Å². The number of ether oxygens (including phenoxy) is 2. The molecule has 0 saturated carbocycles. The van der Waals surface area contributed by atoms with Gasteiger partial charge in [-0.25, -0.2) is 0 Å². The van der Waals surface area contributed by atoms with E-state index in [4.69, 9.17) is 19.0 Å². The molecule has 0 N–H and O–H groups in total. The maximum atomic E-state index is 13.4. The summed E-state index contributed by atoms with van der Waals surface area (Å²) in [5, 5.41) is 4.76. The minimum absolute atomic E-state index is 0.0938. The lowest BCUT2D eigenvalue weighted by molar-refractivity contribution is 0.0296. The van der Waals surface area contributed by atoms with E-state index in [9.17, 15) is 9.59 Å². The van der Waals surface area contributed by atoms with E-state index in [-0.39, 0.29) is 23.5 Å². The van der Waals surface area contributed by atoms with Crippen molar-refractivity contribution in [3.05, 3.63) is 65.2 Å². The summed E-state index contributed by atoms with van der Waals surface area (Å²) >= 11 is 0. The summed E-state index contributed by atoms with van der Waals surface area (Å²) in [6.07, 6.45) is 1.61. The quantitative estimate of drug-likeness (QED) is 0.496. The highest BCUT2D eigenvalue weighted by atomic mass is 16.6. The van der Waals surface area contributed by atoms with Crippen LogP contribution in [-0.2, 0) is 24.2 Å². The van der Waals surface area contributed by atoms with Crippen molar-refractivity contribution >= 4 is 11.8 Å². The Bertz CT molecular complexity index is 1210. The molecule has 190 valence electrons. The zero-order chi connectivity index (χ0) is 25.1. The third kappa shape index (κ3) is 5.16. The number of benzene rings is 1. The van der Waals surface area contributed by atoms with Gasteiger partial charge in [-0.2, -0.15) is 5.10 Å². The lowest BCUT2D eigenvalue weighted by Crippen LogP contribution is -2.42. The van der Waals surface area contributed by atoms with Crippen LogP contribution >= 0.6 is 0 Å². The molecule has 2 amide bonds. The van der Waals surface area contributed by atoms with E-state index in [0.29, 0.717) is 63.2 Å². The highest BCUT2D eigenvalue weighted by molar-refractivity contribution is 5.95. The maximum absolute atomic E-state index is 13.4. The summed E-state index contributed by atoms with van der Waals surface area (Å²) in [5.74, 6) is 1.29. The van der Waals surface area contributed by atoms with Crippen LogP contribution in [0.3, 0.4) is 0 Å². The molecule has 1 fully saturated rings. The third-order valence-electron chi connectivity index (χ3n) is 6.59. The fourth-order valence-electron chi connectivity index (χ4n) is 4.57. The van der Waals surface area contributed by atoms with E-state index in [0.717, 1.165) is 24.2 Å². The molecule has 0 unspecified atom stereocenters. The highest BCUT2D eigenvalue weighted by Gasteiger charge is 2.33. The number of morpholine rings is 1. The second kappa shape index (κ2) is 10.6. The number of carbonyl (C=O) groups is 2. The number of hydrogen-bond donors (Lipinski definition) is 0. The molecule has 0 aliphatic carbocycles. The van der Waals surface area contributed by atoms with Gasteiger partial charge in [-0.3, -0.25) is 14.3 Å². The van der Waals surface area contributed by atoms with E-state index in [1.165, 1.54) is 0 Å². The molecule has 1 aromatic carbocycles. The van der Waals surface area contributed by atoms with Crippen LogP contribution in [0.15, 0.2) is 46.9 Å². The van der Waals surface area contributed by atoms with Gasteiger partial charge in [0.2, 0.25) is 0 Å². The van der Waals surface area contributed by atoms with Gasteiger partial charge in [-0.05, 0) is 30.5 Å². The van der Waals surface area contributed by atoms with Crippen LogP contribution in [-0.4, -0.2) is 64.2 Å². The zero-order valence-electron chi connectivity index (χ0n) is 20.8. The normalized spacial score (nSPS) is 15.8. The molecule has 0 bridgehead atoms. The number of furan rings is 1. The fraction of sp³-hybridized carbons (Fsp3) is 0.444. The van der Waals surface area contributed by atoms with Crippen molar-refractivity contribution in [2.75, 3.05) is 32.8 Å². The molecule has 2 aromatic heterocycles. The van der Waals surface area contributed by atoms with Crippen LogP contribution in [0.1, 0.15) is 52.6 Å². The molecular weight excluding hydrogens is 460 g/mol. The summed E-state index contributed by atoms with van der Waals surface area (Å²) < 4.78 is 18.8. The van der Waals surface area contributed by atoms with Crippen LogP contribution in [0.25, 0.3) is 0 Å². The summed E-state index contributed by atoms with van der Waals surface area (Å²) in [6.45, 7) is 8.10. The first kappa shape index (κ1) is 24.1. The lowest BCUT2D eigenvalue weighted by atomic mass is 10.0. The third-order valence-corrected chi connectivity index (χ3v) is 6.59. The summed E-state index contributed by atoms with van der Waals surface area (Å²) in [7, 11) is 0. The molecule has 0 radical (unpaired) electrons. The van der Waals surface area contributed by atoms with Crippen LogP contribution in [0.5, 0.6) is 11.7 Å². The van der Waals surface area contributed by atoms with Crippen molar-refractivity contribution < 1.29 is 23.5 Å².